The molecular formula is C2H6Br2Si. The molecule has 0 amide bonds. The Bertz CT molecular complexity index is 23.1. The fraction of sp³-hybridized carbons (Fsp3) is 1.00. The zero-order valence-corrected chi connectivity index (χ0v) is 7.43. The predicted molar refractivity (Wildman–Crippen MR) is 35.3 cm³/mol. The molecule has 0 aliphatic carbocycles. The largest absolute Gasteiger partial charge is 0.195 e. The van der Waals surface area contributed by atoms with Crippen molar-refractivity contribution in [2.75, 3.05) is 0 Å². The lowest BCUT2D eigenvalue weighted by molar-refractivity contribution is 2.10. The zero-order valence-electron chi connectivity index (χ0n) is 3.26. The van der Waals surface area contributed by atoms with Crippen molar-refractivity contribution in [1.82, 2.24) is 0 Å². The van der Waals surface area contributed by atoms with Gasteiger partial charge in [0.05, 0.1) is 0 Å². The highest BCUT2D eigenvalue weighted by molar-refractivity contribution is 9.51. The van der Waals surface area contributed by atoms with Gasteiger partial charge in [0.1, 0.15) is 0 Å². The van der Waals surface area contributed by atoms with Crippen LogP contribution < -0.4 is 0 Å². The molecule has 0 bridgehead atoms. The van der Waals surface area contributed by atoms with Crippen molar-refractivity contribution in [1.29, 1.82) is 0 Å². The maximum absolute atomic E-state index is 3.43. The summed E-state index contributed by atoms with van der Waals surface area (Å²) in [4.78, 5) is 0. The van der Waals surface area contributed by atoms with Crippen LogP contribution in [0.1, 0.15) is 0 Å². The van der Waals surface area contributed by atoms with Crippen molar-refractivity contribution in [3.8, 4) is 0 Å². The Balaban J connectivity index is 3.02. The first kappa shape index (κ1) is 6.18. The summed E-state index contributed by atoms with van der Waals surface area (Å²) in [6, 6.07) is 0. The fourth-order valence-corrected chi connectivity index (χ4v) is 0. The van der Waals surface area contributed by atoms with E-state index in [2.05, 4.69) is 43.7 Å². The van der Waals surface area contributed by atoms with E-state index in [4.69, 9.17) is 0 Å². The topological polar surface area (TPSA) is 0 Å². The van der Waals surface area contributed by atoms with Crippen molar-refractivity contribution in [3.63, 3.8) is 0 Å². The molecular weight excluding hydrogens is 212 g/mol. The number of hydrogen-bond acceptors (Lipinski definition) is 0. The molecule has 0 spiro atoms. The van der Waals surface area contributed by atoms with E-state index in [0.29, 0.717) is 0 Å². The van der Waals surface area contributed by atoms with Gasteiger partial charge in [0.2, 0.25) is 0 Å². The van der Waals surface area contributed by atoms with Gasteiger partial charge in [-0.1, -0.05) is 13.1 Å². The third-order valence-electron chi connectivity index (χ3n) is 0. The highest BCUT2D eigenvalue weighted by atomic mass is 79.9. The third kappa shape index (κ3) is 37.7. The van der Waals surface area contributed by atoms with E-state index in [1.165, 1.54) is 0 Å². The maximum Gasteiger partial charge on any atom is 0.195 e. The minimum Gasteiger partial charge on any atom is -0.112 e. The van der Waals surface area contributed by atoms with E-state index in [1.807, 2.05) is 0 Å². The second-order valence-electron chi connectivity index (χ2n) is 1.33. The molecule has 0 N–H and O–H groups in total. The minimum atomic E-state index is -0.986. The van der Waals surface area contributed by atoms with Crippen LogP contribution >= 0.6 is 30.6 Å². The number of halogens is 2. The fourth-order valence-electron chi connectivity index (χ4n) is 0. The first-order chi connectivity index (χ1) is 2.00. The van der Waals surface area contributed by atoms with Gasteiger partial charge in [0, 0.05) is 0 Å². The predicted octanol–water partition coefficient (Wildman–Crippen LogP) is 2.48. The van der Waals surface area contributed by atoms with Crippen molar-refractivity contribution in [3.05, 3.63) is 0 Å². The number of hydrogen-bond donors (Lipinski definition) is 0. The molecule has 0 rings (SSSR count). The molecule has 0 aromatic carbocycles. The molecule has 0 saturated heterocycles. The van der Waals surface area contributed by atoms with Gasteiger partial charge in [-0.15, -0.1) is 30.6 Å². The van der Waals surface area contributed by atoms with Gasteiger partial charge in [-0.3, -0.25) is 0 Å². The van der Waals surface area contributed by atoms with Crippen molar-refractivity contribution in [2.45, 2.75) is 13.1 Å². The molecule has 3 heteroatoms. The Hall–Kier alpha value is 1.18. The minimum absolute atomic E-state index is 0.986. The molecule has 0 aromatic rings. The van der Waals surface area contributed by atoms with Gasteiger partial charge in [-0.25, -0.2) is 0 Å². The van der Waals surface area contributed by atoms with Crippen LogP contribution in [0.15, 0.2) is 0 Å². The molecule has 5 heavy (non-hydrogen) atoms. The van der Waals surface area contributed by atoms with Crippen molar-refractivity contribution in [2.24, 2.45) is 0 Å². The summed E-state index contributed by atoms with van der Waals surface area (Å²) in [5, 5.41) is -0.986. The lowest BCUT2D eigenvalue weighted by atomic mass is 11.9. The van der Waals surface area contributed by atoms with Crippen LogP contribution in [0.3, 0.4) is 0 Å². The van der Waals surface area contributed by atoms with Crippen molar-refractivity contribution >= 4 is 35.9 Å². The van der Waals surface area contributed by atoms with Gasteiger partial charge in [0.15, 0.2) is 5.31 Å². The molecule has 0 aromatic heterocycles. The highest BCUT2D eigenvalue weighted by Crippen LogP contribution is 2.17. The Kier molecular flexibility index (Phi) is 2.17. The van der Waals surface area contributed by atoms with Crippen molar-refractivity contribution < 1.29 is 0 Å². The van der Waals surface area contributed by atoms with Crippen LogP contribution in [0, 0.1) is 0 Å². The summed E-state index contributed by atoms with van der Waals surface area (Å²) < 4.78 is 0. The van der Waals surface area contributed by atoms with E-state index >= 15 is 0 Å². The lowest BCUT2D eigenvalue weighted by Gasteiger charge is -1.95. The molecule has 0 atom stereocenters. The zero-order chi connectivity index (χ0) is 4.50. The summed E-state index contributed by atoms with van der Waals surface area (Å²) in [5.74, 6) is 0. The molecule has 0 heterocycles. The molecule has 0 aliphatic heterocycles. The van der Waals surface area contributed by atoms with Crippen LogP contribution in [0.2, 0.25) is 13.1 Å². The van der Waals surface area contributed by atoms with Gasteiger partial charge in [-0.05, 0) is 0 Å². The lowest BCUT2D eigenvalue weighted by Crippen LogP contribution is -1.99. The average Bonchev–Trinajstić information content (AvgIpc) is 0.722. The Labute approximate surface area is 49.1 Å². The molecule has 0 aliphatic rings. The monoisotopic (exact) mass is 216 g/mol. The molecule has 32 valence electrons. The maximum atomic E-state index is 3.43. The quantitative estimate of drug-likeness (QED) is 0.432. The van der Waals surface area contributed by atoms with E-state index in [0.717, 1.165) is 0 Å². The van der Waals surface area contributed by atoms with Crippen LogP contribution in [0.5, 0.6) is 0 Å². The highest BCUT2D eigenvalue weighted by Gasteiger charge is 2.06. The van der Waals surface area contributed by atoms with Gasteiger partial charge < -0.3 is 0 Å². The summed E-state index contributed by atoms with van der Waals surface area (Å²) >= 11 is 6.86. The van der Waals surface area contributed by atoms with Gasteiger partial charge in [0.25, 0.3) is 0 Å². The summed E-state index contributed by atoms with van der Waals surface area (Å²) in [6.07, 6.45) is 0. The van der Waals surface area contributed by atoms with Crippen LogP contribution in [-0.4, -0.2) is 5.31 Å². The standard InChI is InChI=1S/C2H6Br2Si/c1-5(2,3)4/h1-2H3. The average molecular weight is 218 g/mol. The molecule has 0 saturated carbocycles. The molecule has 0 fully saturated rings. The third-order valence-corrected chi connectivity index (χ3v) is 0. The van der Waals surface area contributed by atoms with E-state index < -0.39 is 5.31 Å². The number of rotatable bonds is 0. The van der Waals surface area contributed by atoms with Crippen LogP contribution in [-0.2, 0) is 0 Å². The Morgan fingerprint density at radius 1 is 1.20 bits per heavy atom. The first-order valence-corrected chi connectivity index (χ1v) is 8.89. The van der Waals surface area contributed by atoms with Gasteiger partial charge in [-0.2, -0.15) is 0 Å². The summed E-state index contributed by atoms with van der Waals surface area (Å²) in [6.45, 7) is 4.32. The normalized spacial score (nSPS) is 12.0. The van der Waals surface area contributed by atoms with E-state index in [1.54, 1.807) is 0 Å². The molecule has 0 nitrogen and oxygen atoms in total. The van der Waals surface area contributed by atoms with Crippen LogP contribution in [0.4, 0.5) is 0 Å². The summed E-state index contributed by atoms with van der Waals surface area (Å²) in [7, 11) is 0. The van der Waals surface area contributed by atoms with E-state index in [9.17, 15) is 0 Å². The SMILES string of the molecule is C[Si](C)(Br)Br. The second-order valence-corrected chi connectivity index (χ2v) is 19.1. The smallest absolute Gasteiger partial charge is 0.112 e. The van der Waals surface area contributed by atoms with E-state index in [-0.39, 0.29) is 0 Å². The Morgan fingerprint density at radius 3 is 1.20 bits per heavy atom. The summed E-state index contributed by atoms with van der Waals surface area (Å²) in [5.41, 5.74) is 0. The van der Waals surface area contributed by atoms with Gasteiger partial charge >= 0.3 is 0 Å². The first-order valence-electron chi connectivity index (χ1n) is 1.38. The van der Waals surface area contributed by atoms with Crippen LogP contribution in [0.25, 0.3) is 0 Å². The Morgan fingerprint density at radius 2 is 1.20 bits per heavy atom. The second kappa shape index (κ2) is 1.75. The molecule has 0 unspecified atom stereocenters. The molecule has 0 radical (unpaired) electrons.